The van der Waals surface area contributed by atoms with Gasteiger partial charge in [-0.3, -0.25) is 9.78 Å². The van der Waals surface area contributed by atoms with Gasteiger partial charge in [0, 0.05) is 35.5 Å². The van der Waals surface area contributed by atoms with E-state index in [2.05, 4.69) is 15.1 Å². The van der Waals surface area contributed by atoms with Crippen molar-refractivity contribution in [1.82, 2.24) is 20.0 Å². The van der Waals surface area contributed by atoms with E-state index in [1.807, 2.05) is 23.6 Å². The molecule has 1 fully saturated rings. The summed E-state index contributed by atoms with van der Waals surface area (Å²) in [5.74, 6) is 0.840. The number of carbonyl (C=O) groups excluding carboxylic acids is 1. The molecule has 0 radical (unpaired) electrons. The van der Waals surface area contributed by atoms with Gasteiger partial charge in [-0.2, -0.15) is 4.98 Å². The number of thiophene rings is 1. The van der Waals surface area contributed by atoms with Gasteiger partial charge in [-0.1, -0.05) is 5.16 Å². The van der Waals surface area contributed by atoms with Crippen LogP contribution < -0.4 is 0 Å². The molecule has 0 bridgehead atoms. The maximum Gasteiger partial charge on any atom is 0.249 e. The van der Waals surface area contributed by atoms with Gasteiger partial charge in [-0.05, 0) is 48.1 Å². The molecule has 0 unspecified atom stereocenters. The first-order valence-corrected chi connectivity index (χ1v) is 9.53. The molecule has 1 N–H and O–H groups in total. The summed E-state index contributed by atoms with van der Waals surface area (Å²) in [7, 11) is 0. The molecule has 7 nitrogen and oxygen atoms in total. The molecule has 3 aromatic rings. The SMILES string of the molecule is O=C(C=Cc1cc(CO)cs1)N1CCC[C@H]1c1nc(-c2cccnc2)no1. The lowest BCUT2D eigenvalue weighted by Gasteiger charge is -2.19. The highest BCUT2D eigenvalue weighted by atomic mass is 32.1. The van der Waals surface area contributed by atoms with Gasteiger partial charge in [-0.15, -0.1) is 11.3 Å². The highest BCUT2D eigenvalue weighted by molar-refractivity contribution is 7.11. The maximum atomic E-state index is 12.7. The second-order valence-corrected chi connectivity index (χ2v) is 7.18. The number of hydrogen-bond donors (Lipinski definition) is 1. The summed E-state index contributed by atoms with van der Waals surface area (Å²) < 4.78 is 5.43. The number of likely N-dealkylation sites (tertiary alicyclic amines) is 1. The van der Waals surface area contributed by atoms with E-state index in [0.29, 0.717) is 18.3 Å². The van der Waals surface area contributed by atoms with E-state index in [4.69, 9.17) is 9.63 Å². The molecule has 1 amide bonds. The monoisotopic (exact) mass is 382 g/mol. The zero-order chi connectivity index (χ0) is 18.6. The number of nitrogens with zero attached hydrogens (tertiary/aromatic N) is 4. The predicted molar refractivity (Wildman–Crippen MR) is 100 cm³/mol. The van der Waals surface area contributed by atoms with Gasteiger partial charge in [0.05, 0.1) is 6.61 Å². The highest BCUT2D eigenvalue weighted by Crippen LogP contribution is 2.32. The van der Waals surface area contributed by atoms with Crippen molar-refractivity contribution < 1.29 is 14.4 Å². The molecular weight excluding hydrogens is 364 g/mol. The minimum Gasteiger partial charge on any atom is -0.392 e. The third-order valence-electron chi connectivity index (χ3n) is 4.43. The summed E-state index contributed by atoms with van der Waals surface area (Å²) in [4.78, 5) is 23.9. The average Bonchev–Trinajstić information content (AvgIpc) is 3.46. The number of pyridine rings is 1. The minimum absolute atomic E-state index is 0.00289. The first-order chi connectivity index (χ1) is 13.2. The molecule has 0 saturated carbocycles. The van der Waals surface area contributed by atoms with Crippen LogP contribution in [0.25, 0.3) is 17.5 Å². The number of amides is 1. The van der Waals surface area contributed by atoms with Gasteiger partial charge >= 0.3 is 0 Å². The van der Waals surface area contributed by atoms with Crippen molar-refractivity contribution in [3.63, 3.8) is 0 Å². The van der Waals surface area contributed by atoms with Crippen LogP contribution in [0.5, 0.6) is 0 Å². The van der Waals surface area contributed by atoms with E-state index in [-0.39, 0.29) is 18.6 Å². The fourth-order valence-corrected chi connectivity index (χ4v) is 3.88. The lowest BCUT2D eigenvalue weighted by Crippen LogP contribution is -2.29. The molecule has 1 aliphatic heterocycles. The van der Waals surface area contributed by atoms with Crippen LogP contribution in [0, 0.1) is 0 Å². The number of carbonyl (C=O) groups is 1. The Morgan fingerprint density at radius 2 is 2.41 bits per heavy atom. The first-order valence-electron chi connectivity index (χ1n) is 8.65. The minimum atomic E-state index is -0.212. The molecule has 0 spiro atoms. The molecule has 27 heavy (non-hydrogen) atoms. The third-order valence-corrected chi connectivity index (χ3v) is 5.38. The Morgan fingerprint density at radius 3 is 3.19 bits per heavy atom. The largest absolute Gasteiger partial charge is 0.392 e. The van der Waals surface area contributed by atoms with Crippen molar-refractivity contribution in [2.24, 2.45) is 0 Å². The molecule has 138 valence electrons. The zero-order valence-electron chi connectivity index (χ0n) is 14.5. The van der Waals surface area contributed by atoms with Crippen LogP contribution in [-0.2, 0) is 11.4 Å². The number of rotatable bonds is 5. The van der Waals surface area contributed by atoms with Crippen molar-refractivity contribution in [2.75, 3.05) is 6.54 Å². The molecule has 8 heteroatoms. The summed E-state index contributed by atoms with van der Waals surface area (Å²) in [6, 6.07) is 5.34. The van der Waals surface area contributed by atoms with E-state index in [0.717, 1.165) is 28.8 Å². The van der Waals surface area contributed by atoms with Gasteiger partial charge in [0.1, 0.15) is 6.04 Å². The molecule has 4 heterocycles. The van der Waals surface area contributed by atoms with Crippen molar-refractivity contribution in [3.8, 4) is 11.4 Å². The zero-order valence-corrected chi connectivity index (χ0v) is 15.3. The van der Waals surface area contributed by atoms with Crippen molar-refractivity contribution in [2.45, 2.75) is 25.5 Å². The number of hydrogen-bond acceptors (Lipinski definition) is 7. The quantitative estimate of drug-likeness (QED) is 0.682. The molecule has 1 saturated heterocycles. The van der Waals surface area contributed by atoms with E-state index in [1.165, 1.54) is 11.3 Å². The predicted octanol–water partition coefficient (Wildman–Crippen LogP) is 3.06. The summed E-state index contributed by atoms with van der Waals surface area (Å²) in [6.45, 7) is 0.660. The summed E-state index contributed by atoms with van der Waals surface area (Å²) >= 11 is 1.49. The van der Waals surface area contributed by atoms with Gasteiger partial charge in [0.25, 0.3) is 0 Å². The van der Waals surface area contributed by atoms with Crippen molar-refractivity contribution >= 4 is 23.3 Å². The average molecular weight is 382 g/mol. The Balaban J connectivity index is 1.49. The van der Waals surface area contributed by atoms with Gasteiger partial charge in [0.2, 0.25) is 17.6 Å². The molecule has 1 atom stereocenters. The van der Waals surface area contributed by atoms with Crippen LogP contribution in [0.2, 0.25) is 0 Å². The number of aliphatic hydroxyl groups is 1. The maximum absolute atomic E-state index is 12.7. The van der Waals surface area contributed by atoms with E-state index < -0.39 is 0 Å². The molecule has 3 aromatic heterocycles. The second kappa shape index (κ2) is 7.81. The molecule has 1 aliphatic rings. The van der Waals surface area contributed by atoms with Gasteiger partial charge in [-0.25, -0.2) is 0 Å². The van der Waals surface area contributed by atoms with Crippen molar-refractivity contribution in [3.05, 3.63) is 58.4 Å². The molecule has 4 rings (SSSR count). The Hall–Kier alpha value is -2.84. The number of aromatic nitrogens is 3. The molecule has 0 aliphatic carbocycles. The standard InChI is InChI=1S/C19H18N4O3S/c24-11-13-9-15(27-12-13)5-6-17(25)23-8-2-4-16(23)19-21-18(22-26-19)14-3-1-7-20-10-14/h1,3,5-7,9-10,12,16,24H,2,4,8,11H2/t16-/m0/s1. The van der Waals surface area contributed by atoms with Crippen LogP contribution in [0.4, 0.5) is 0 Å². The smallest absolute Gasteiger partial charge is 0.249 e. The molecule has 0 aromatic carbocycles. The highest BCUT2D eigenvalue weighted by Gasteiger charge is 2.33. The van der Waals surface area contributed by atoms with Crippen LogP contribution >= 0.6 is 11.3 Å². The van der Waals surface area contributed by atoms with E-state index >= 15 is 0 Å². The Bertz CT molecular complexity index is 951. The van der Waals surface area contributed by atoms with E-state index in [1.54, 1.807) is 29.4 Å². The van der Waals surface area contributed by atoms with Gasteiger partial charge < -0.3 is 14.5 Å². The fraction of sp³-hybridized carbons (Fsp3) is 0.263. The van der Waals surface area contributed by atoms with Crippen LogP contribution in [0.3, 0.4) is 0 Å². The van der Waals surface area contributed by atoms with Gasteiger partial charge in [0.15, 0.2) is 0 Å². The van der Waals surface area contributed by atoms with Crippen LogP contribution in [-0.4, -0.2) is 37.6 Å². The molecular formula is C19H18N4O3S. The lowest BCUT2D eigenvalue weighted by atomic mass is 10.2. The Labute approximate surface area is 160 Å². The first kappa shape index (κ1) is 17.6. The third kappa shape index (κ3) is 3.81. The van der Waals surface area contributed by atoms with E-state index in [9.17, 15) is 4.79 Å². The lowest BCUT2D eigenvalue weighted by molar-refractivity contribution is -0.127. The van der Waals surface area contributed by atoms with Crippen molar-refractivity contribution in [1.29, 1.82) is 0 Å². The topological polar surface area (TPSA) is 92.3 Å². The Kier molecular flexibility index (Phi) is 5.08. The summed E-state index contributed by atoms with van der Waals surface area (Å²) in [5.41, 5.74) is 1.63. The fourth-order valence-electron chi connectivity index (χ4n) is 3.08. The van der Waals surface area contributed by atoms with Crippen LogP contribution in [0.1, 0.15) is 35.2 Å². The Morgan fingerprint density at radius 1 is 1.48 bits per heavy atom. The summed E-state index contributed by atoms with van der Waals surface area (Å²) in [5, 5.41) is 15.0. The van der Waals surface area contributed by atoms with Crippen LogP contribution in [0.15, 0.2) is 46.6 Å². The number of aliphatic hydroxyl groups excluding tert-OH is 1. The second-order valence-electron chi connectivity index (χ2n) is 6.24. The normalized spacial score (nSPS) is 17.1. The summed E-state index contributed by atoms with van der Waals surface area (Å²) in [6.07, 6.45) is 8.38.